The summed E-state index contributed by atoms with van der Waals surface area (Å²) in [7, 11) is 0. The summed E-state index contributed by atoms with van der Waals surface area (Å²) in [6, 6.07) is 4.91. The van der Waals surface area contributed by atoms with E-state index in [1.807, 2.05) is 12.4 Å². The van der Waals surface area contributed by atoms with Crippen LogP contribution in [0.1, 0.15) is 18.9 Å². The molecule has 1 aliphatic rings. The van der Waals surface area contributed by atoms with Crippen molar-refractivity contribution in [3.05, 3.63) is 30.1 Å². The van der Waals surface area contributed by atoms with Crippen molar-refractivity contribution in [1.29, 1.82) is 0 Å². The van der Waals surface area contributed by atoms with Gasteiger partial charge in [0, 0.05) is 38.1 Å². The van der Waals surface area contributed by atoms with E-state index in [1.165, 1.54) is 31.5 Å². The van der Waals surface area contributed by atoms with Crippen LogP contribution in [0.15, 0.2) is 24.5 Å². The molecule has 16 heavy (non-hydrogen) atoms. The fraction of sp³-hybridized carbons (Fsp3) is 0.615. The Labute approximate surface area is 97.9 Å². The molecule has 3 heteroatoms. The Hall–Kier alpha value is -0.930. The summed E-state index contributed by atoms with van der Waals surface area (Å²) < 4.78 is 0. The predicted octanol–water partition coefficient (Wildman–Crippen LogP) is 1.31. The molecule has 88 valence electrons. The molecule has 0 bridgehead atoms. The Morgan fingerprint density at radius 3 is 3.00 bits per heavy atom. The number of piperazine rings is 1. The quantitative estimate of drug-likeness (QED) is 0.827. The number of hydrogen-bond acceptors (Lipinski definition) is 3. The molecule has 1 fully saturated rings. The first kappa shape index (κ1) is 11.6. The average molecular weight is 219 g/mol. The molecule has 0 spiro atoms. The van der Waals surface area contributed by atoms with Crippen molar-refractivity contribution < 1.29 is 0 Å². The molecule has 1 aromatic rings. The zero-order chi connectivity index (χ0) is 11.2. The minimum Gasteiger partial charge on any atom is -0.314 e. The van der Waals surface area contributed by atoms with Gasteiger partial charge < -0.3 is 5.32 Å². The van der Waals surface area contributed by atoms with Gasteiger partial charge in [-0.25, -0.2) is 0 Å². The molecule has 1 aliphatic heterocycles. The van der Waals surface area contributed by atoms with Gasteiger partial charge in [-0.3, -0.25) is 9.88 Å². The summed E-state index contributed by atoms with van der Waals surface area (Å²) in [6.45, 7) is 6.98. The lowest BCUT2D eigenvalue weighted by atomic mass is 10.1. The van der Waals surface area contributed by atoms with Crippen LogP contribution in [-0.4, -0.2) is 42.1 Å². The van der Waals surface area contributed by atoms with E-state index in [2.05, 4.69) is 34.3 Å². The third kappa shape index (κ3) is 3.29. The Morgan fingerprint density at radius 1 is 1.44 bits per heavy atom. The Balaban J connectivity index is 1.71. The number of aromatic nitrogens is 1. The number of pyridine rings is 1. The molecular weight excluding hydrogens is 198 g/mol. The van der Waals surface area contributed by atoms with Crippen molar-refractivity contribution in [2.24, 2.45) is 0 Å². The standard InChI is InChI=1S/C13H21N3/c1-12-11-15-8-10-16(12)9-2-3-13-4-6-14-7-5-13/h4-7,12,15H,2-3,8-11H2,1H3. The number of nitrogens with zero attached hydrogens (tertiary/aromatic N) is 2. The molecule has 2 heterocycles. The van der Waals surface area contributed by atoms with Crippen molar-refractivity contribution in [2.45, 2.75) is 25.8 Å². The molecule has 0 aliphatic carbocycles. The maximum absolute atomic E-state index is 4.04. The first-order valence-corrected chi connectivity index (χ1v) is 6.20. The lowest BCUT2D eigenvalue weighted by Gasteiger charge is -2.33. The minimum absolute atomic E-state index is 0.686. The molecule has 1 saturated heterocycles. The summed E-state index contributed by atoms with van der Waals surface area (Å²) >= 11 is 0. The molecule has 0 aromatic carbocycles. The molecule has 0 radical (unpaired) electrons. The minimum atomic E-state index is 0.686. The highest BCUT2D eigenvalue weighted by atomic mass is 15.2. The molecule has 1 unspecified atom stereocenters. The van der Waals surface area contributed by atoms with Gasteiger partial charge in [0.2, 0.25) is 0 Å². The van der Waals surface area contributed by atoms with Crippen molar-refractivity contribution >= 4 is 0 Å². The van der Waals surface area contributed by atoms with Crippen LogP contribution in [0, 0.1) is 0 Å². The second-order valence-electron chi connectivity index (χ2n) is 4.55. The first-order valence-electron chi connectivity index (χ1n) is 6.20. The maximum atomic E-state index is 4.04. The maximum Gasteiger partial charge on any atom is 0.0270 e. The van der Waals surface area contributed by atoms with Crippen LogP contribution in [0.2, 0.25) is 0 Å². The van der Waals surface area contributed by atoms with E-state index < -0.39 is 0 Å². The molecule has 1 N–H and O–H groups in total. The number of rotatable bonds is 4. The van der Waals surface area contributed by atoms with E-state index in [0.717, 1.165) is 13.1 Å². The first-order chi connectivity index (χ1) is 7.86. The number of hydrogen-bond donors (Lipinski definition) is 1. The third-order valence-corrected chi connectivity index (χ3v) is 3.30. The molecule has 1 aromatic heterocycles. The van der Waals surface area contributed by atoms with E-state index >= 15 is 0 Å². The van der Waals surface area contributed by atoms with Crippen LogP contribution in [0.4, 0.5) is 0 Å². The highest BCUT2D eigenvalue weighted by Crippen LogP contribution is 2.06. The SMILES string of the molecule is CC1CNCCN1CCCc1ccncc1. The van der Waals surface area contributed by atoms with E-state index in [-0.39, 0.29) is 0 Å². The Morgan fingerprint density at radius 2 is 2.25 bits per heavy atom. The highest BCUT2D eigenvalue weighted by Gasteiger charge is 2.16. The lowest BCUT2D eigenvalue weighted by molar-refractivity contribution is 0.172. The molecule has 0 saturated carbocycles. The van der Waals surface area contributed by atoms with Crippen molar-refractivity contribution in [1.82, 2.24) is 15.2 Å². The van der Waals surface area contributed by atoms with Gasteiger partial charge in [0.15, 0.2) is 0 Å². The monoisotopic (exact) mass is 219 g/mol. The molecule has 1 atom stereocenters. The van der Waals surface area contributed by atoms with E-state index in [1.54, 1.807) is 0 Å². The van der Waals surface area contributed by atoms with Crippen LogP contribution >= 0.6 is 0 Å². The summed E-state index contributed by atoms with van der Waals surface area (Å²) in [4.78, 5) is 6.62. The number of nitrogens with one attached hydrogen (secondary N) is 1. The predicted molar refractivity (Wildman–Crippen MR) is 66.5 cm³/mol. The van der Waals surface area contributed by atoms with Crippen LogP contribution < -0.4 is 5.32 Å². The summed E-state index contributed by atoms with van der Waals surface area (Å²) in [5.74, 6) is 0. The molecule has 0 amide bonds. The van der Waals surface area contributed by atoms with Gasteiger partial charge >= 0.3 is 0 Å². The second-order valence-corrected chi connectivity index (χ2v) is 4.55. The molecular formula is C13H21N3. The van der Waals surface area contributed by atoms with Crippen molar-refractivity contribution in [2.75, 3.05) is 26.2 Å². The largest absolute Gasteiger partial charge is 0.314 e. The van der Waals surface area contributed by atoms with Crippen LogP contribution in [0.5, 0.6) is 0 Å². The van der Waals surface area contributed by atoms with E-state index in [0.29, 0.717) is 6.04 Å². The Kier molecular flexibility index (Phi) is 4.31. The van der Waals surface area contributed by atoms with Gasteiger partial charge in [0.05, 0.1) is 0 Å². The highest BCUT2D eigenvalue weighted by molar-refractivity contribution is 5.09. The van der Waals surface area contributed by atoms with Crippen LogP contribution in [0.3, 0.4) is 0 Å². The van der Waals surface area contributed by atoms with Gasteiger partial charge in [-0.1, -0.05) is 0 Å². The van der Waals surface area contributed by atoms with Crippen LogP contribution in [0.25, 0.3) is 0 Å². The average Bonchev–Trinajstić information content (AvgIpc) is 2.33. The normalized spacial score (nSPS) is 22.2. The third-order valence-electron chi connectivity index (χ3n) is 3.30. The second kappa shape index (κ2) is 5.97. The topological polar surface area (TPSA) is 28.2 Å². The van der Waals surface area contributed by atoms with Gasteiger partial charge in [-0.05, 0) is 44.0 Å². The van der Waals surface area contributed by atoms with Crippen molar-refractivity contribution in [3.8, 4) is 0 Å². The molecule has 2 rings (SSSR count). The summed E-state index contributed by atoms with van der Waals surface area (Å²) in [6.07, 6.45) is 6.17. The van der Waals surface area contributed by atoms with Crippen LogP contribution in [-0.2, 0) is 6.42 Å². The van der Waals surface area contributed by atoms with Gasteiger partial charge in [-0.2, -0.15) is 0 Å². The van der Waals surface area contributed by atoms with E-state index in [9.17, 15) is 0 Å². The lowest BCUT2D eigenvalue weighted by Crippen LogP contribution is -2.49. The van der Waals surface area contributed by atoms with E-state index in [4.69, 9.17) is 0 Å². The smallest absolute Gasteiger partial charge is 0.0270 e. The van der Waals surface area contributed by atoms with Gasteiger partial charge in [0.1, 0.15) is 0 Å². The Bertz CT molecular complexity index is 299. The zero-order valence-corrected chi connectivity index (χ0v) is 10.0. The number of aryl methyl sites for hydroxylation is 1. The summed E-state index contributed by atoms with van der Waals surface area (Å²) in [5.41, 5.74) is 1.40. The fourth-order valence-electron chi connectivity index (χ4n) is 2.25. The fourth-order valence-corrected chi connectivity index (χ4v) is 2.25. The molecule has 3 nitrogen and oxygen atoms in total. The van der Waals surface area contributed by atoms with Gasteiger partial charge in [-0.15, -0.1) is 0 Å². The summed E-state index contributed by atoms with van der Waals surface area (Å²) in [5, 5.41) is 3.42. The van der Waals surface area contributed by atoms with Crippen molar-refractivity contribution in [3.63, 3.8) is 0 Å². The van der Waals surface area contributed by atoms with Gasteiger partial charge in [0.25, 0.3) is 0 Å². The zero-order valence-electron chi connectivity index (χ0n) is 10.0.